The summed E-state index contributed by atoms with van der Waals surface area (Å²) in [6, 6.07) is 0.578. The molecule has 14 heavy (non-hydrogen) atoms. The predicted octanol–water partition coefficient (Wildman–Crippen LogP) is 2.53. The largest absolute Gasteiger partial charge is 0.344 e. The van der Waals surface area contributed by atoms with Gasteiger partial charge in [-0.15, -0.1) is 21.8 Å². The highest BCUT2D eigenvalue weighted by Crippen LogP contribution is 2.27. The van der Waals surface area contributed by atoms with Crippen molar-refractivity contribution in [2.75, 3.05) is 17.3 Å². The van der Waals surface area contributed by atoms with Crippen LogP contribution in [0.5, 0.6) is 0 Å². The van der Waals surface area contributed by atoms with E-state index in [9.17, 15) is 0 Å². The maximum atomic E-state index is 5.80. The van der Waals surface area contributed by atoms with Crippen LogP contribution in [0.1, 0.15) is 25.7 Å². The third kappa shape index (κ3) is 2.17. The summed E-state index contributed by atoms with van der Waals surface area (Å²) >= 11 is 7.42. The first-order valence-corrected chi connectivity index (χ1v) is 6.42. The molecule has 0 amide bonds. The molecule has 5 heteroatoms. The Bertz CT molecular complexity index is 263. The summed E-state index contributed by atoms with van der Waals surface area (Å²) in [6.07, 6.45) is 4.88. The molecule has 0 aliphatic carbocycles. The summed E-state index contributed by atoms with van der Waals surface area (Å²) in [5.41, 5.74) is 1.79. The van der Waals surface area contributed by atoms with Crippen molar-refractivity contribution >= 4 is 28.1 Å². The number of alkyl halides is 1. The summed E-state index contributed by atoms with van der Waals surface area (Å²) < 4.78 is 0. The molecule has 0 spiro atoms. The van der Waals surface area contributed by atoms with Crippen LogP contribution in [0.3, 0.4) is 0 Å². The van der Waals surface area contributed by atoms with Crippen LogP contribution in [0.4, 0.5) is 5.13 Å². The molecular formula is C9H14ClN3S. The van der Waals surface area contributed by atoms with Crippen LogP contribution >= 0.6 is 22.9 Å². The third-order valence-electron chi connectivity index (χ3n) is 2.66. The average Bonchev–Trinajstić information content (AvgIpc) is 2.72. The van der Waals surface area contributed by atoms with Crippen LogP contribution < -0.4 is 4.90 Å². The van der Waals surface area contributed by atoms with E-state index >= 15 is 0 Å². The molecule has 2 rings (SSSR count). The minimum atomic E-state index is 0.578. The summed E-state index contributed by atoms with van der Waals surface area (Å²) in [4.78, 5) is 2.36. The average molecular weight is 232 g/mol. The van der Waals surface area contributed by atoms with Gasteiger partial charge in [-0.3, -0.25) is 0 Å². The first-order valence-electron chi connectivity index (χ1n) is 5.00. The normalized spacial score (nSPS) is 22.6. The Kier molecular flexibility index (Phi) is 3.59. The van der Waals surface area contributed by atoms with E-state index in [0.29, 0.717) is 6.04 Å². The van der Waals surface area contributed by atoms with Gasteiger partial charge in [0.15, 0.2) is 0 Å². The number of hydrogen-bond acceptors (Lipinski definition) is 4. The number of nitrogens with zero attached hydrogens (tertiary/aromatic N) is 3. The van der Waals surface area contributed by atoms with E-state index in [1.807, 2.05) is 0 Å². The Hall–Kier alpha value is -0.350. The van der Waals surface area contributed by atoms with Gasteiger partial charge in [0, 0.05) is 18.5 Å². The maximum Gasteiger partial charge on any atom is 0.208 e. The van der Waals surface area contributed by atoms with Crippen LogP contribution in [-0.2, 0) is 0 Å². The van der Waals surface area contributed by atoms with Crippen molar-refractivity contribution in [2.24, 2.45) is 0 Å². The molecule has 2 heterocycles. The van der Waals surface area contributed by atoms with Crippen LogP contribution in [0.15, 0.2) is 5.51 Å². The van der Waals surface area contributed by atoms with E-state index in [2.05, 4.69) is 15.1 Å². The fraction of sp³-hybridized carbons (Fsp3) is 0.778. The number of piperidine rings is 1. The molecule has 0 radical (unpaired) electrons. The van der Waals surface area contributed by atoms with Gasteiger partial charge in [-0.25, -0.2) is 0 Å². The van der Waals surface area contributed by atoms with Crippen LogP contribution in [0, 0.1) is 0 Å². The van der Waals surface area contributed by atoms with Gasteiger partial charge < -0.3 is 4.90 Å². The fourth-order valence-corrected chi connectivity index (χ4v) is 2.88. The zero-order valence-electron chi connectivity index (χ0n) is 8.03. The summed E-state index contributed by atoms with van der Waals surface area (Å²) in [6.45, 7) is 1.11. The predicted molar refractivity (Wildman–Crippen MR) is 60.2 cm³/mol. The lowest BCUT2D eigenvalue weighted by Crippen LogP contribution is -2.39. The molecule has 1 aromatic rings. The van der Waals surface area contributed by atoms with E-state index in [-0.39, 0.29) is 0 Å². The lowest BCUT2D eigenvalue weighted by molar-refractivity contribution is 0.450. The molecule has 1 fully saturated rings. The van der Waals surface area contributed by atoms with E-state index < -0.39 is 0 Å². The molecule has 1 unspecified atom stereocenters. The number of hydrogen-bond donors (Lipinski definition) is 0. The van der Waals surface area contributed by atoms with Gasteiger partial charge >= 0.3 is 0 Å². The quantitative estimate of drug-likeness (QED) is 0.749. The van der Waals surface area contributed by atoms with Gasteiger partial charge in [-0.1, -0.05) is 11.3 Å². The number of aromatic nitrogens is 2. The lowest BCUT2D eigenvalue weighted by Gasteiger charge is -2.34. The maximum absolute atomic E-state index is 5.80. The monoisotopic (exact) mass is 231 g/mol. The van der Waals surface area contributed by atoms with Crippen molar-refractivity contribution in [1.29, 1.82) is 0 Å². The highest BCUT2D eigenvalue weighted by atomic mass is 35.5. The van der Waals surface area contributed by atoms with Crippen molar-refractivity contribution in [1.82, 2.24) is 10.2 Å². The van der Waals surface area contributed by atoms with Gasteiger partial charge in [-0.2, -0.15) is 0 Å². The zero-order chi connectivity index (χ0) is 9.80. The summed E-state index contributed by atoms with van der Waals surface area (Å²) in [5, 5.41) is 9.06. The van der Waals surface area contributed by atoms with E-state index in [4.69, 9.17) is 11.6 Å². The van der Waals surface area contributed by atoms with Gasteiger partial charge in [0.25, 0.3) is 0 Å². The minimum absolute atomic E-state index is 0.578. The second-order valence-electron chi connectivity index (χ2n) is 3.54. The highest BCUT2D eigenvalue weighted by molar-refractivity contribution is 7.13. The lowest BCUT2D eigenvalue weighted by atomic mass is 10.0. The van der Waals surface area contributed by atoms with E-state index in [0.717, 1.165) is 24.0 Å². The van der Waals surface area contributed by atoms with Gasteiger partial charge in [0.05, 0.1) is 0 Å². The van der Waals surface area contributed by atoms with E-state index in [1.54, 1.807) is 16.8 Å². The molecule has 1 aliphatic heterocycles. The molecule has 0 aromatic carbocycles. The smallest absolute Gasteiger partial charge is 0.208 e. The van der Waals surface area contributed by atoms with Crippen LogP contribution in [-0.4, -0.2) is 28.7 Å². The zero-order valence-corrected chi connectivity index (χ0v) is 9.60. The third-order valence-corrected chi connectivity index (χ3v) is 3.61. The SMILES string of the molecule is ClCCC1CCCCN1c1nncs1. The summed E-state index contributed by atoms with van der Waals surface area (Å²) in [7, 11) is 0. The van der Waals surface area contributed by atoms with Crippen molar-refractivity contribution in [3.63, 3.8) is 0 Å². The standard InChI is InChI=1S/C9H14ClN3S/c10-5-4-8-3-1-2-6-13(8)9-12-11-7-14-9/h7-8H,1-6H2. The highest BCUT2D eigenvalue weighted by Gasteiger charge is 2.23. The molecule has 78 valence electrons. The van der Waals surface area contributed by atoms with Gasteiger partial charge in [-0.05, 0) is 25.7 Å². The first kappa shape index (κ1) is 10.2. The Balaban J connectivity index is 2.06. The second-order valence-corrected chi connectivity index (χ2v) is 4.73. The van der Waals surface area contributed by atoms with Crippen molar-refractivity contribution < 1.29 is 0 Å². The number of anilines is 1. The van der Waals surface area contributed by atoms with Gasteiger partial charge in [0.2, 0.25) is 5.13 Å². The van der Waals surface area contributed by atoms with Crippen molar-refractivity contribution in [3.8, 4) is 0 Å². The molecule has 1 saturated heterocycles. The molecule has 1 atom stereocenters. The van der Waals surface area contributed by atoms with Crippen LogP contribution in [0.2, 0.25) is 0 Å². The Morgan fingerprint density at radius 2 is 2.50 bits per heavy atom. The van der Waals surface area contributed by atoms with Crippen molar-refractivity contribution in [2.45, 2.75) is 31.7 Å². The molecule has 1 aliphatic rings. The summed E-state index contributed by atoms with van der Waals surface area (Å²) in [5.74, 6) is 0.736. The van der Waals surface area contributed by atoms with Crippen LogP contribution in [0.25, 0.3) is 0 Å². The Morgan fingerprint density at radius 3 is 3.21 bits per heavy atom. The van der Waals surface area contributed by atoms with Crippen molar-refractivity contribution in [3.05, 3.63) is 5.51 Å². The second kappa shape index (κ2) is 4.94. The number of halogens is 1. The van der Waals surface area contributed by atoms with Gasteiger partial charge in [0.1, 0.15) is 5.51 Å². The molecule has 3 nitrogen and oxygen atoms in total. The Morgan fingerprint density at radius 1 is 1.57 bits per heavy atom. The molecule has 0 N–H and O–H groups in total. The van der Waals surface area contributed by atoms with E-state index in [1.165, 1.54) is 19.3 Å². The molecule has 0 saturated carbocycles. The topological polar surface area (TPSA) is 29.0 Å². The molecule has 1 aromatic heterocycles. The fourth-order valence-electron chi connectivity index (χ4n) is 1.97. The minimum Gasteiger partial charge on any atom is -0.344 e. The molecular weight excluding hydrogens is 218 g/mol. The first-order chi connectivity index (χ1) is 6.92. The molecule has 0 bridgehead atoms. The Labute approximate surface area is 93.1 Å². The number of rotatable bonds is 3.